The number of rotatable bonds is 8. The molecule has 1 heterocycles. The van der Waals surface area contributed by atoms with Crippen molar-refractivity contribution in [3.05, 3.63) is 59.4 Å². The molecule has 2 aromatic carbocycles. The summed E-state index contributed by atoms with van der Waals surface area (Å²) in [5.41, 5.74) is 4.37. The molecule has 3 unspecified atom stereocenters. The van der Waals surface area contributed by atoms with E-state index in [1.54, 1.807) is 57.2 Å². The van der Waals surface area contributed by atoms with E-state index in [4.69, 9.17) is 19.9 Å². The molecule has 2 amide bonds. The number of hydrogen-bond acceptors (Lipinski definition) is 6. The van der Waals surface area contributed by atoms with Crippen LogP contribution in [0.15, 0.2) is 42.5 Å². The molecule has 0 aromatic heterocycles. The number of carboxylic acid groups (broad SMARTS) is 1. The predicted octanol–water partition coefficient (Wildman–Crippen LogP) is 3.08. The van der Waals surface area contributed by atoms with E-state index in [1.165, 1.54) is 20.3 Å². The van der Waals surface area contributed by atoms with E-state index in [2.05, 4.69) is 0 Å². The molecule has 1 fully saturated rings. The highest BCUT2D eigenvalue weighted by molar-refractivity contribution is 5.86. The minimum atomic E-state index is -1.52. The van der Waals surface area contributed by atoms with E-state index in [1.807, 2.05) is 0 Å². The molecule has 1 aliphatic heterocycles. The van der Waals surface area contributed by atoms with E-state index in [9.17, 15) is 19.1 Å². The lowest BCUT2D eigenvalue weighted by Gasteiger charge is -2.56. The molecule has 0 aliphatic carbocycles. The van der Waals surface area contributed by atoms with Crippen LogP contribution in [0.2, 0.25) is 0 Å². The highest BCUT2D eigenvalue weighted by Crippen LogP contribution is 2.55. The first kappa shape index (κ1) is 26.4. The number of carbonyl (C=O) groups excluding carboxylic acids is 2. The van der Waals surface area contributed by atoms with Gasteiger partial charge in [-0.3, -0.25) is 4.79 Å². The smallest absolute Gasteiger partial charge is 0.281 e. The molecule has 1 saturated heterocycles. The largest absolute Gasteiger partial charge is 0.498 e. The first-order valence-electron chi connectivity index (χ1n) is 11.4. The van der Waals surface area contributed by atoms with Crippen molar-refractivity contribution in [3.63, 3.8) is 0 Å². The summed E-state index contributed by atoms with van der Waals surface area (Å²) in [7, 11) is 2.88. The Kier molecular flexibility index (Phi) is 7.42. The molecule has 0 saturated carbocycles. The number of carbonyl (C=O) groups is 2. The normalized spacial score (nSPS) is 24.2. The molecule has 8 nitrogen and oxygen atoms in total. The third-order valence-electron chi connectivity index (χ3n) is 7.08. The molecule has 2 aromatic rings. The maximum Gasteiger partial charge on any atom is 0.281 e. The molecule has 0 radical (unpaired) electrons. The Morgan fingerprint density at radius 1 is 1.17 bits per heavy atom. The number of nitrogens with zero attached hydrogens (tertiary/aromatic N) is 1. The number of likely N-dealkylation sites (tertiary alicyclic amines) is 1. The summed E-state index contributed by atoms with van der Waals surface area (Å²) in [6, 6.07) is 10.7. The number of amides is 2. The highest BCUT2D eigenvalue weighted by Gasteiger charge is 2.70. The van der Waals surface area contributed by atoms with Crippen molar-refractivity contribution >= 4 is 12.0 Å². The van der Waals surface area contributed by atoms with E-state index in [0.717, 1.165) is 0 Å². The molecular formula is C26H33FN2O6. The predicted molar refractivity (Wildman–Crippen MR) is 125 cm³/mol. The second kappa shape index (κ2) is 9.83. The number of primary amides is 1. The lowest BCUT2D eigenvalue weighted by atomic mass is 9.86. The van der Waals surface area contributed by atoms with Gasteiger partial charge in [-0.2, -0.15) is 0 Å². The molecule has 0 spiro atoms. The Morgan fingerprint density at radius 3 is 2.40 bits per heavy atom. The molecule has 0 bridgehead atoms. The Balaban J connectivity index is 2.08. The van der Waals surface area contributed by atoms with E-state index < -0.39 is 33.6 Å². The Hall–Kier alpha value is -3.17. The minimum Gasteiger partial charge on any atom is -0.498 e. The van der Waals surface area contributed by atoms with Gasteiger partial charge in [0.25, 0.3) is 12.0 Å². The van der Waals surface area contributed by atoms with Gasteiger partial charge >= 0.3 is 0 Å². The van der Waals surface area contributed by atoms with Crippen LogP contribution in [0.1, 0.15) is 50.8 Å². The van der Waals surface area contributed by atoms with Crippen molar-refractivity contribution in [3.8, 4) is 11.5 Å². The second-order valence-corrected chi connectivity index (χ2v) is 9.83. The summed E-state index contributed by atoms with van der Waals surface area (Å²) in [5, 5.41) is 13.0. The third kappa shape index (κ3) is 4.23. The fourth-order valence-electron chi connectivity index (χ4n) is 5.68. The number of quaternary nitrogens is 1. The van der Waals surface area contributed by atoms with Crippen LogP contribution in [-0.2, 0) is 16.1 Å². The van der Waals surface area contributed by atoms with Crippen LogP contribution in [0.25, 0.3) is 0 Å². The molecular weight excluding hydrogens is 455 g/mol. The van der Waals surface area contributed by atoms with Crippen LogP contribution in [0.3, 0.4) is 0 Å². The number of benzene rings is 2. The lowest BCUT2D eigenvalue weighted by Crippen LogP contribution is -2.79. The quantitative estimate of drug-likeness (QED) is 0.572. The Labute approximate surface area is 205 Å². The van der Waals surface area contributed by atoms with Gasteiger partial charge < -0.3 is 29.8 Å². The second-order valence-electron chi connectivity index (χ2n) is 9.83. The van der Waals surface area contributed by atoms with Crippen molar-refractivity contribution in [1.29, 1.82) is 0 Å². The molecule has 3 rings (SSSR count). The minimum absolute atomic E-state index is 0.00846. The van der Waals surface area contributed by atoms with Crippen LogP contribution in [0, 0.1) is 5.82 Å². The zero-order valence-corrected chi connectivity index (χ0v) is 20.8. The fraction of sp³-hybridized carbons (Fsp3) is 0.462. The maximum atomic E-state index is 14.0. The van der Waals surface area contributed by atoms with Gasteiger partial charge in [0.2, 0.25) is 5.54 Å². The van der Waals surface area contributed by atoms with Gasteiger partial charge in [0.15, 0.2) is 11.5 Å². The monoisotopic (exact) mass is 488 g/mol. The van der Waals surface area contributed by atoms with E-state index >= 15 is 0 Å². The third-order valence-corrected chi connectivity index (χ3v) is 7.08. The standard InChI is InChI=1S/C26H33FN2O6/c1-25(2,3)29(24(31)32)20(12-13-26(29,16-33-4)23(28)30)17-10-11-21(22(14-17)34-5)35-15-18-8-6-7-9-19(18)27/h6-11,14,20H,12-13,15-16H2,1-5H3,(H2-,28,30,31,32). The first-order valence-corrected chi connectivity index (χ1v) is 11.4. The maximum absolute atomic E-state index is 14.0. The lowest BCUT2D eigenvalue weighted by molar-refractivity contribution is -0.970. The van der Waals surface area contributed by atoms with Gasteiger partial charge in [-0.05, 0) is 45.0 Å². The molecule has 3 atom stereocenters. The van der Waals surface area contributed by atoms with Gasteiger partial charge in [0, 0.05) is 31.1 Å². The fourth-order valence-corrected chi connectivity index (χ4v) is 5.68. The van der Waals surface area contributed by atoms with Crippen LogP contribution in [0.5, 0.6) is 11.5 Å². The molecule has 9 heteroatoms. The average molecular weight is 489 g/mol. The SMILES string of the molecule is COCC1(C(N)=O)CCC(c2ccc(OCc3ccccc3F)c(OC)c2)[N+]1(C(=O)[O-])C(C)(C)C. The Morgan fingerprint density at radius 2 is 1.86 bits per heavy atom. The summed E-state index contributed by atoms with van der Waals surface area (Å²) in [6.45, 7) is 5.07. The highest BCUT2D eigenvalue weighted by atomic mass is 19.1. The van der Waals surface area contributed by atoms with Gasteiger partial charge in [-0.1, -0.05) is 18.2 Å². The number of ether oxygens (including phenoxy) is 3. The number of nitrogens with two attached hydrogens (primary N) is 1. The van der Waals surface area contributed by atoms with Crippen molar-refractivity contribution in [1.82, 2.24) is 0 Å². The van der Waals surface area contributed by atoms with Crippen LogP contribution in [0.4, 0.5) is 9.18 Å². The molecule has 2 N–H and O–H groups in total. The molecule has 35 heavy (non-hydrogen) atoms. The van der Waals surface area contributed by atoms with Gasteiger partial charge in [0.05, 0.1) is 12.6 Å². The zero-order valence-electron chi connectivity index (χ0n) is 20.8. The number of methoxy groups -OCH3 is 2. The van der Waals surface area contributed by atoms with Crippen LogP contribution >= 0.6 is 0 Å². The molecule has 1 aliphatic rings. The van der Waals surface area contributed by atoms with Crippen molar-refractivity contribution in [2.45, 2.75) is 57.3 Å². The van der Waals surface area contributed by atoms with Crippen molar-refractivity contribution in [2.24, 2.45) is 5.73 Å². The van der Waals surface area contributed by atoms with E-state index in [-0.39, 0.29) is 25.5 Å². The van der Waals surface area contributed by atoms with Crippen molar-refractivity contribution < 1.29 is 37.8 Å². The molecule has 190 valence electrons. The summed E-state index contributed by atoms with van der Waals surface area (Å²) >= 11 is 0. The zero-order chi connectivity index (χ0) is 26.0. The first-order chi connectivity index (χ1) is 16.5. The van der Waals surface area contributed by atoms with Gasteiger partial charge in [-0.25, -0.2) is 8.87 Å². The van der Waals surface area contributed by atoms with E-state index in [0.29, 0.717) is 29.0 Å². The summed E-state index contributed by atoms with van der Waals surface area (Å²) in [6.07, 6.45) is -0.842. The van der Waals surface area contributed by atoms with Crippen molar-refractivity contribution in [2.75, 3.05) is 20.8 Å². The number of hydrogen-bond donors (Lipinski definition) is 1. The number of halogens is 1. The summed E-state index contributed by atoms with van der Waals surface area (Å²) < 4.78 is 29.9. The Bertz CT molecular complexity index is 1100. The van der Waals surface area contributed by atoms with Crippen LogP contribution in [-0.4, -0.2) is 48.4 Å². The van der Waals surface area contributed by atoms with Gasteiger partial charge in [-0.15, -0.1) is 0 Å². The van der Waals surface area contributed by atoms with Gasteiger partial charge in [0.1, 0.15) is 25.1 Å². The summed E-state index contributed by atoms with van der Waals surface area (Å²) in [4.78, 5) is 25.8. The van der Waals surface area contributed by atoms with Crippen LogP contribution < -0.4 is 20.3 Å². The average Bonchev–Trinajstić information content (AvgIpc) is 3.16. The summed E-state index contributed by atoms with van der Waals surface area (Å²) in [5.74, 6) is -0.403. The topological polar surface area (TPSA) is 111 Å².